The number of nitrogens with one attached hydrogen (secondary N) is 1. The van der Waals surface area contributed by atoms with E-state index in [0.717, 1.165) is 6.07 Å². The van der Waals surface area contributed by atoms with Crippen LogP contribution in [0.3, 0.4) is 0 Å². The summed E-state index contributed by atoms with van der Waals surface area (Å²) in [6, 6.07) is 10.6. The minimum Gasteiger partial charge on any atom is -0.487 e. The van der Waals surface area contributed by atoms with Crippen LogP contribution in [0.2, 0.25) is 10.0 Å². The van der Waals surface area contributed by atoms with Crippen LogP contribution in [0.4, 0.5) is 11.4 Å². The van der Waals surface area contributed by atoms with Gasteiger partial charge in [-0.1, -0.05) is 40.5 Å². The van der Waals surface area contributed by atoms with E-state index < -0.39 is 10.8 Å². The molecule has 3 rings (SSSR count). The smallest absolute Gasteiger partial charge is 0.278 e. The average molecular weight is 422 g/mol. The van der Waals surface area contributed by atoms with Crippen LogP contribution in [0.1, 0.15) is 21.8 Å². The molecule has 0 aliphatic heterocycles. The van der Waals surface area contributed by atoms with Crippen LogP contribution in [0.15, 0.2) is 47.0 Å². The highest BCUT2D eigenvalue weighted by Crippen LogP contribution is 2.28. The number of anilines is 1. The molecule has 144 valence electrons. The Morgan fingerprint density at radius 1 is 1.25 bits per heavy atom. The van der Waals surface area contributed by atoms with Gasteiger partial charge in [-0.2, -0.15) is 0 Å². The second-order valence-corrected chi connectivity index (χ2v) is 6.47. The lowest BCUT2D eigenvalue weighted by atomic mass is 10.2. The molecule has 0 radical (unpaired) electrons. The van der Waals surface area contributed by atoms with Crippen LogP contribution in [-0.2, 0) is 6.61 Å². The molecular formula is C18H13Cl2N3O5. The third kappa shape index (κ3) is 4.24. The van der Waals surface area contributed by atoms with Crippen molar-refractivity contribution in [2.75, 3.05) is 5.32 Å². The summed E-state index contributed by atoms with van der Waals surface area (Å²) in [5.41, 5.74) is 0.472. The van der Waals surface area contributed by atoms with Crippen molar-refractivity contribution in [3.05, 3.63) is 79.6 Å². The molecule has 0 fully saturated rings. The lowest BCUT2D eigenvalue weighted by molar-refractivity contribution is -0.384. The number of aromatic nitrogens is 1. The predicted octanol–water partition coefficient (Wildman–Crippen LogP) is 5.03. The highest BCUT2D eigenvalue weighted by atomic mass is 35.5. The monoisotopic (exact) mass is 421 g/mol. The number of non-ortho nitro benzene ring substituents is 1. The fraction of sp³-hybridized carbons (Fsp3) is 0.111. The van der Waals surface area contributed by atoms with Crippen LogP contribution in [0.25, 0.3) is 0 Å². The lowest BCUT2D eigenvalue weighted by Crippen LogP contribution is -2.15. The van der Waals surface area contributed by atoms with Crippen molar-refractivity contribution >= 4 is 40.5 Å². The first kappa shape index (κ1) is 19.7. The van der Waals surface area contributed by atoms with E-state index in [-0.39, 0.29) is 28.7 Å². The number of ether oxygens (including phenoxy) is 1. The molecule has 1 heterocycles. The normalized spacial score (nSPS) is 10.5. The van der Waals surface area contributed by atoms with Gasteiger partial charge in [-0.3, -0.25) is 14.9 Å². The molecule has 0 aliphatic carbocycles. The largest absolute Gasteiger partial charge is 0.487 e. The average Bonchev–Trinajstić information content (AvgIpc) is 3.03. The Kier molecular flexibility index (Phi) is 5.81. The lowest BCUT2D eigenvalue weighted by Gasteiger charge is -2.09. The topological polar surface area (TPSA) is 108 Å². The summed E-state index contributed by atoms with van der Waals surface area (Å²) in [5.74, 6) is 0.270. The first-order valence-corrected chi connectivity index (χ1v) is 8.70. The molecule has 0 aliphatic rings. The van der Waals surface area contributed by atoms with Gasteiger partial charge in [0, 0.05) is 12.1 Å². The van der Waals surface area contributed by atoms with Gasteiger partial charge in [-0.15, -0.1) is 0 Å². The van der Waals surface area contributed by atoms with E-state index in [2.05, 4.69) is 10.5 Å². The number of halogens is 2. The Morgan fingerprint density at radius 3 is 2.68 bits per heavy atom. The summed E-state index contributed by atoms with van der Waals surface area (Å²) in [6.45, 7) is 1.66. The quantitative estimate of drug-likeness (QED) is 0.441. The molecule has 10 heteroatoms. The maximum absolute atomic E-state index is 12.6. The van der Waals surface area contributed by atoms with Crippen molar-refractivity contribution < 1.29 is 19.0 Å². The van der Waals surface area contributed by atoms with Gasteiger partial charge in [0.25, 0.3) is 11.6 Å². The molecule has 1 aromatic heterocycles. The Hall–Kier alpha value is -3.10. The zero-order valence-electron chi connectivity index (χ0n) is 14.4. The van der Waals surface area contributed by atoms with E-state index in [0.29, 0.717) is 22.1 Å². The Balaban J connectivity index is 1.78. The van der Waals surface area contributed by atoms with Gasteiger partial charge in [0.1, 0.15) is 18.1 Å². The Bertz CT molecular complexity index is 1050. The number of amides is 1. The highest BCUT2D eigenvalue weighted by Gasteiger charge is 2.22. The van der Waals surface area contributed by atoms with E-state index >= 15 is 0 Å². The van der Waals surface area contributed by atoms with Crippen LogP contribution in [0, 0.1) is 17.0 Å². The third-order valence-corrected chi connectivity index (χ3v) is 4.45. The summed E-state index contributed by atoms with van der Waals surface area (Å²) >= 11 is 12.1. The first-order valence-electron chi connectivity index (χ1n) is 7.94. The van der Waals surface area contributed by atoms with Crippen molar-refractivity contribution in [3.8, 4) is 5.75 Å². The Labute approximate surface area is 169 Å². The molecule has 0 bridgehead atoms. The molecule has 1 amide bonds. The molecule has 0 saturated carbocycles. The van der Waals surface area contributed by atoms with Gasteiger partial charge in [0.05, 0.1) is 26.2 Å². The SMILES string of the molecule is Cc1onc(C(=O)Nc2ccc([N+](=O)[O-])cc2Cl)c1COc1ccccc1Cl. The van der Waals surface area contributed by atoms with E-state index in [1.54, 1.807) is 31.2 Å². The number of nitro groups is 1. The van der Waals surface area contributed by atoms with Gasteiger partial charge in [-0.05, 0) is 25.1 Å². The summed E-state index contributed by atoms with van der Waals surface area (Å²) < 4.78 is 10.8. The second kappa shape index (κ2) is 8.28. The second-order valence-electron chi connectivity index (χ2n) is 5.66. The number of hydrogen-bond acceptors (Lipinski definition) is 6. The highest BCUT2D eigenvalue weighted by molar-refractivity contribution is 6.34. The van der Waals surface area contributed by atoms with Crippen molar-refractivity contribution in [3.63, 3.8) is 0 Å². The molecular weight excluding hydrogens is 409 g/mol. The minimum atomic E-state index is -0.592. The van der Waals surface area contributed by atoms with Crippen molar-refractivity contribution in [1.29, 1.82) is 0 Å². The van der Waals surface area contributed by atoms with Crippen LogP contribution in [-0.4, -0.2) is 16.0 Å². The summed E-state index contributed by atoms with van der Waals surface area (Å²) in [6.07, 6.45) is 0. The van der Waals surface area contributed by atoms with Gasteiger partial charge in [0.15, 0.2) is 5.69 Å². The van der Waals surface area contributed by atoms with Crippen molar-refractivity contribution in [2.24, 2.45) is 0 Å². The van der Waals surface area contributed by atoms with E-state index in [1.165, 1.54) is 12.1 Å². The number of nitro benzene ring substituents is 1. The van der Waals surface area contributed by atoms with E-state index in [1.807, 2.05) is 0 Å². The summed E-state index contributed by atoms with van der Waals surface area (Å²) in [7, 11) is 0. The number of para-hydroxylation sites is 1. The minimum absolute atomic E-state index is 0.00974. The van der Waals surface area contributed by atoms with Crippen LogP contribution >= 0.6 is 23.2 Å². The molecule has 3 aromatic rings. The Morgan fingerprint density at radius 2 is 2.00 bits per heavy atom. The maximum atomic E-state index is 12.6. The molecule has 0 unspecified atom stereocenters. The molecule has 0 atom stereocenters. The molecule has 0 saturated heterocycles. The van der Waals surface area contributed by atoms with E-state index in [9.17, 15) is 14.9 Å². The van der Waals surface area contributed by atoms with Gasteiger partial charge in [-0.25, -0.2) is 0 Å². The van der Waals surface area contributed by atoms with E-state index in [4.69, 9.17) is 32.5 Å². The number of aryl methyl sites for hydroxylation is 1. The first-order chi connectivity index (χ1) is 13.4. The zero-order chi connectivity index (χ0) is 20.3. The van der Waals surface area contributed by atoms with Crippen LogP contribution < -0.4 is 10.1 Å². The molecule has 0 spiro atoms. The number of hydrogen-bond donors (Lipinski definition) is 1. The number of carbonyl (C=O) groups is 1. The zero-order valence-corrected chi connectivity index (χ0v) is 16.0. The number of nitrogens with zero attached hydrogens (tertiary/aromatic N) is 2. The van der Waals surface area contributed by atoms with Gasteiger partial charge >= 0.3 is 0 Å². The summed E-state index contributed by atoms with van der Waals surface area (Å²) in [4.78, 5) is 22.8. The van der Waals surface area contributed by atoms with Gasteiger partial charge < -0.3 is 14.6 Å². The fourth-order valence-corrected chi connectivity index (χ4v) is 2.76. The van der Waals surface area contributed by atoms with Crippen LogP contribution in [0.5, 0.6) is 5.75 Å². The summed E-state index contributed by atoms with van der Waals surface area (Å²) in [5, 5.41) is 17.6. The number of rotatable bonds is 6. The number of carbonyl (C=O) groups excluding carboxylic acids is 1. The maximum Gasteiger partial charge on any atom is 0.278 e. The molecule has 1 N–H and O–H groups in total. The van der Waals surface area contributed by atoms with Crippen molar-refractivity contribution in [1.82, 2.24) is 5.16 Å². The van der Waals surface area contributed by atoms with Gasteiger partial charge in [0.2, 0.25) is 0 Å². The number of benzene rings is 2. The fourth-order valence-electron chi connectivity index (χ4n) is 2.35. The molecule has 8 nitrogen and oxygen atoms in total. The predicted molar refractivity (Wildman–Crippen MR) is 103 cm³/mol. The molecule has 28 heavy (non-hydrogen) atoms. The standard InChI is InChI=1S/C18H13Cl2N3O5/c1-10-12(9-27-16-5-3-2-4-13(16)19)17(22-28-10)18(24)21-15-7-6-11(23(25)26)8-14(15)20/h2-8H,9H2,1H3,(H,21,24). The molecule has 2 aromatic carbocycles. The third-order valence-electron chi connectivity index (χ3n) is 3.82. The van der Waals surface area contributed by atoms with Crippen molar-refractivity contribution in [2.45, 2.75) is 13.5 Å².